The van der Waals surface area contributed by atoms with E-state index >= 15 is 0 Å². The smallest absolute Gasteiger partial charge is 0.231 e. The Bertz CT molecular complexity index is 548. The molecule has 0 unspecified atom stereocenters. The minimum atomic E-state index is 0. The number of aryl methyl sites for hydroxylation is 2. The van der Waals surface area contributed by atoms with E-state index in [9.17, 15) is 0 Å². The van der Waals surface area contributed by atoms with Crippen LogP contribution in [0.2, 0.25) is 0 Å². The maximum Gasteiger partial charge on any atom is 0.231 e. The summed E-state index contributed by atoms with van der Waals surface area (Å²) in [5, 5.41) is 0. The number of H-pyrrole nitrogens is 1. The van der Waals surface area contributed by atoms with Crippen molar-refractivity contribution in [2.45, 2.75) is 13.8 Å². The maximum absolute atomic E-state index is 5.28. The number of aromatic nitrogens is 2. The molecule has 7 N–H and O–H groups in total. The van der Waals surface area contributed by atoms with Gasteiger partial charge in [-0.2, -0.15) is 4.99 Å². The first-order valence-electron chi connectivity index (χ1n) is 4.63. The number of nitrogens with two attached hydrogens (primary N) is 2. The van der Waals surface area contributed by atoms with Crippen LogP contribution in [0, 0.1) is 13.8 Å². The quantitative estimate of drug-likeness (QED) is 0.538. The number of rotatable bonds is 1. The van der Waals surface area contributed by atoms with Gasteiger partial charge in [-0.05, 0) is 31.0 Å². The normalized spacial score (nSPS) is 8.78. The first-order chi connectivity index (χ1) is 7.08. The highest BCUT2D eigenvalue weighted by Gasteiger charge is 2.05. The average molecular weight is 294 g/mol. The van der Waals surface area contributed by atoms with Crippen molar-refractivity contribution in [1.82, 2.24) is 9.97 Å². The predicted octanol–water partition coefficient (Wildman–Crippen LogP) is 1.10. The molecule has 18 heavy (non-hydrogen) atoms. The molecular formula is C10H17Cl2N5O. The van der Waals surface area contributed by atoms with E-state index in [1.807, 2.05) is 26.0 Å². The lowest BCUT2D eigenvalue weighted by atomic mass is 10.1. The molecule has 2 rings (SSSR count). The molecule has 8 heteroatoms. The summed E-state index contributed by atoms with van der Waals surface area (Å²) in [4.78, 5) is 11.2. The van der Waals surface area contributed by atoms with Crippen molar-refractivity contribution in [3.63, 3.8) is 0 Å². The summed E-state index contributed by atoms with van der Waals surface area (Å²) in [6.07, 6.45) is 0. The topological polar surface area (TPSA) is 125 Å². The van der Waals surface area contributed by atoms with Crippen molar-refractivity contribution in [2.24, 2.45) is 16.5 Å². The second-order valence-corrected chi connectivity index (χ2v) is 3.50. The Morgan fingerprint density at radius 2 is 1.83 bits per heavy atom. The molecule has 0 atom stereocenters. The highest BCUT2D eigenvalue weighted by Crippen LogP contribution is 2.21. The van der Waals surface area contributed by atoms with Gasteiger partial charge in [0.05, 0.1) is 11.0 Å². The molecule has 1 aromatic carbocycles. The summed E-state index contributed by atoms with van der Waals surface area (Å²) in [5.74, 6) is 0.446. The van der Waals surface area contributed by atoms with Crippen LogP contribution in [0.4, 0.5) is 5.95 Å². The Morgan fingerprint density at radius 3 is 2.39 bits per heavy atom. The van der Waals surface area contributed by atoms with Gasteiger partial charge in [-0.1, -0.05) is 6.07 Å². The standard InChI is InChI=1S/C10H13N5.2ClH.H2O/c1-5-3-4-7-8(6(5)2)14-10(13-7)15-9(11)12;;;/h3-4H,1-2H3,(H5,11,12,13,14,15);2*1H;1H2. The van der Waals surface area contributed by atoms with Crippen LogP contribution < -0.4 is 11.5 Å². The highest BCUT2D eigenvalue weighted by atomic mass is 35.5. The Labute approximate surface area is 117 Å². The number of fused-ring (bicyclic) bond motifs is 1. The van der Waals surface area contributed by atoms with Crippen molar-refractivity contribution >= 4 is 47.8 Å². The van der Waals surface area contributed by atoms with Crippen molar-refractivity contribution in [3.8, 4) is 0 Å². The zero-order valence-electron chi connectivity index (χ0n) is 10.0. The predicted molar refractivity (Wildman–Crippen MR) is 79.1 cm³/mol. The van der Waals surface area contributed by atoms with E-state index in [1.165, 1.54) is 5.56 Å². The number of imidazole rings is 1. The SMILES string of the molecule is Cc1ccc2[nH]c(N=C(N)N)nc2c1C.Cl.Cl.O. The van der Waals surface area contributed by atoms with E-state index in [1.54, 1.807) is 0 Å². The number of halogens is 2. The van der Waals surface area contributed by atoms with Crippen molar-refractivity contribution < 1.29 is 5.48 Å². The van der Waals surface area contributed by atoms with Crippen LogP contribution in [0.1, 0.15) is 11.1 Å². The lowest BCUT2D eigenvalue weighted by Gasteiger charge is -1.97. The summed E-state index contributed by atoms with van der Waals surface area (Å²) >= 11 is 0. The van der Waals surface area contributed by atoms with E-state index in [0.717, 1.165) is 16.6 Å². The monoisotopic (exact) mass is 293 g/mol. The lowest BCUT2D eigenvalue weighted by molar-refractivity contribution is 0.824. The minimum Gasteiger partial charge on any atom is -0.412 e. The number of hydrogen-bond donors (Lipinski definition) is 3. The fourth-order valence-electron chi connectivity index (χ4n) is 1.48. The zero-order chi connectivity index (χ0) is 11.0. The van der Waals surface area contributed by atoms with Gasteiger partial charge in [0.25, 0.3) is 0 Å². The number of benzene rings is 1. The van der Waals surface area contributed by atoms with Crippen LogP contribution in [0.25, 0.3) is 11.0 Å². The number of nitrogens with zero attached hydrogens (tertiary/aromatic N) is 2. The van der Waals surface area contributed by atoms with E-state index < -0.39 is 0 Å². The zero-order valence-corrected chi connectivity index (χ0v) is 11.7. The highest BCUT2D eigenvalue weighted by molar-refractivity contribution is 5.86. The van der Waals surface area contributed by atoms with E-state index in [0.29, 0.717) is 5.95 Å². The molecule has 0 fully saturated rings. The third-order valence-corrected chi connectivity index (χ3v) is 2.40. The molecule has 102 valence electrons. The molecular weight excluding hydrogens is 277 g/mol. The molecule has 0 saturated carbocycles. The van der Waals surface area contributed by atoms with Gasteiger partial charge >= 0.3 is 0 Å². The molecule has 0 amide bonds. The third-order valence-electron chi connectivity index (χ3n) is 2.40. The molecule has 1 aromatic heterocycles. The maximum atomic E-state index is 5.28. The van der Waals surface area contributed by atoms with Crippen molar-refractivity contribution in [1.29, 1.82) is 0 Å². The number of guanidine groups is 1. The summed E-state index contributed by atoms with van der Waals surface area (Å²) in [5.41, 5.74) is 14.8. The summed E-state index contributed by atoms with van der Waals surface area (Å²) in [7, 11) is 0. The van der Waals surface area contributed by atoms with Gasteiger partial charge in [-0.25, -0.2) is 4.98 Å². The molecule has 2 aromatic rings. The summed E-state index contributed by atoms with van der Waals surface area (Å²) in [6, 6.07) is 4.01. The molecule has 0 spiro atoms. The fraction of sp³-hybridized carbons (Fsp3) is 0.200. The van der Waals surface area contributed by atoms with Crippen LogP contribution in [0.3, 0.4) is 0 Å². The van der Waals surface area contributed by atoms with Crippen molar-refractivity contribution in [3.05, 3.63) is 23.3 Å². The summed E-state index contributed by atoms with van der Waals surface area (Å²) in [6.45, 7) is 4.07. The van der Waals surface area contributed by atoms with Crippen LogP contribution in [0.5, 0.6) is 0 Å². The first kappa shape index (κ1) is 18.9. The van der Waals surface area contributed by atoms with Crippen LogP contribution in [0.15, 0.2) is 17.1 Å². The van der Waals surface area contributed by atoms with Gasteiger partial charge in [-0.15, -0.1) is 24.8 Å². The van der Waals surface area contributed by atoms with Gasteiger partial charge in [0.15, 0.2) is 5.96 Å². The van der Waals surface area contributed by atoms with Gasteiger partial charge in [-0.3, -0.25) is 0 Å². The lowest BCUT2D eigenvalue weighted by Crippen LogP contribution is -2.22. The molecule has 0 radical (unpaired) electrons. The van der Waals surface area contributed by atoms with E-state index in [-0.39, 0.29) is 36.2 Å². The van der Waals surface area contributed by atoms with Gasteiger partial charge < -0.3 is 21.9 Å². The number of hydrogen-bond acceptors (Lipinski definition) is 2. The molecule has 0 bridgehead atoms. The summed E-state index contributed by atoms with van der Waals surface area (Å²) < 4.78 is 0. The Hall–Kier alpha value is -1.50. The van der Waals surface area contributed by atoms with E-state index in [2.05, 4.69) is 15.0 Å². The third kappa shape index (κ3) is 3.49. The largest absolute Gasteiger partial charge is 0.412 e. The molecule has 0 aliphatic carbocycles. The second-order valence-electron chi connectivity index (χ2n) is 3.50. The van der Waals surface area contributed by atoms with Crippen molar-refractivity contribution in [2.75, 3.05) is 0 Å². The number of aliphatic imine (C=N–C) groups is 1. The van der Waals surface area contributed by atoms with Gasteiger partial charge in [0.2, 0.25) is 5.95 Å². The average Bonchev–Trinajstić information content (AvgIpc) is 2.54. The Morgan fingerprint density at radius 1 is 1.22 bits per heavy atom. The van der Waals surface area contributed by atoms with Crippen LogP contribution in [-0.4, -0.2) is 21.4 Å². The van der Waals surface area contributed by atoms with Crippen LogP contribution in [-0.2, 0) is 0 Å². The molecule has 1 heterocycles. The fourth-order valence-corrected chi connectivity index (χ4v) is 1.48. The number of nitrogens with one attached hydrogen (secondary N) is 1. The number of aromatic amines is 1. The van der Waals surface area contributed by atoms with Gasteiger partial charge in [0, 0.05) is 0 Å². The Kier molecular flexibility index (Phi) is 7.38. The van der Waals surface area contributed by atoms with E-state index in [4.69, 9.17) is 11.5 Å². The molecule has 0 aliphatic rings. The second kappa shape index (κ2) is 7.05. The van der Waals surface area contributed by atoms with Crippen LogP contribution >= 0.6 is 24.8 Å². The first-order valence-corrected chi connectivity index (χ1v) is 4.63. The minimum absolute atomic E-state index is 0. The molecule has 6 nitrogen and oxygen atoms in total. The van der Waals surface area contributed by atoms with Gasteiger partial charge in [0.1, 0.15) is 0 Å². The Balaban J connectivity index is 0. The molecule has 0 saturated heterocycles. The molecule has 0 aliphatic heterocycles.